The Bertz CT molecular complexity index is 851. The number of aryl methyl sites for hydroxylation is 1. The third-order valence-electron chi connectivity index (χ3n) is 4.69. The Hall–Kier alpha value is -2.99. The van der Waals surface area contributed by atoms with Gasteiger partial charge in [-0.3, -0.25) is 19.9 Å². The van der Waals surface area contributed by atoms with Crippen molar-refractivity contribution in [2.45, 2.75) is 38.6 Å². The minimum absolute atomic E-state index is 0.0380. The number of hydrogen-bond donors (Lipinski definition) is 2. The maximum Gasteiger partial charge on any atom is 0.240 e. The SMILES string of the molecule is Cc1ccc2c(c1)N(c1ccccc1)C(=O)C2C(C)NNC(=O)CCC=O. The highest BCUT2D eigenvalue weighted by Gasteiger charge is 2.41. The van der Waals surface area contributed by atoms with Crippen LogP contribution in [-0.4, -0.2) is 24.1 Å². The molecule has 1 aliphatic rings. The zero-order valence-corrected chi connectivity index (χ0v) is 15.4. The highest BCUT2D eigenvalue weighted by atomic mass is 16.2. The number of benzene rings is 2. The Labute approximate surface area is 158 Å². The minimum Gasteiger partial charge on any atom is -0.303 e. The van der Waals surface area contributed by atoms with Crippen molar-refractivity contribution in [1.82, 2.24) is 10.9 Å². The van der Waals surface area contributed by atoms with Crippen LogP contribution in [0.25, 0.3) is 0 Å². The van der Waals surface area contributed by atoms with E-state index >= 15 is 0 Å². The van der Waals surface area contributed by atoms with Gasteiger partial charge in [0.05, 0.1) is 11.6 Å². The summed E-state index contributed by atoms with van der Waals surface area (Å²) in [5, 5.41) is 0. The lowest BCUT2D eigenvalue weighted by Crippen LogP contribution is -2.47. The first-order valence-electron chi connectivity index (χ1n) is 9.00. The molecular formula is C21H23N3O3. The molecule has 1 aliphatic heterocycles. The molecule has 2 unspecified atom stereocenters. The molecule has 2 aromatic rings. The zero-order valence-electron chi connectivity index (χ0n) is 15.4. The van der Waals surface area contributed by atoms with Crippen molar-refractivity contribution in [2.75, 3.05) is 4.90 Å². The van der Waals surface area contributed by atoms with E-state index in [4.69, 9.17) is 0 Å². The maximum absolute atomic E-state index is 13.3. The molecular weight excluding hydrogens is 342 g/mol. The number of hydrazine groups is 1. The fourth-order valence-electron chi connectivity index (χ4n) is 3.36. The van der Waals surface area contributed by atoms with Crippen molar-refractivity contribution < 1.29 is 14.4 Å². The topological polar surface area (TPSA) is 78.5 Å². The molecule has 0 aliphatic carbocycles. The molecule has 2 aromatic carbocycles. The molecule has 2 atom stereocenters. The highest BCUT2D eigenvalue weighted by Crippen LogP contribution is 2.43. The summed E-state index contributed by atoms with van der Waals surface area (Å²) in [6.45, 7) is 3.86. The summed E-state index contributed by atoms with van der Waals surface area (Å²) in [7, 11) is 0. The van der Waals surface area contributed by atoms with E-state index in [1.807, 2.05) is 62.4 Å². The first-order chi connectivity index (χ1) is 13.0. The molecule has 0 bridgehead atoms. The van der Waals surface area contributed by atoms with Gasteiger partial charge < -0.3 is 4.79 Å². The van der Waals surface area contributed by atoms with E-state index in [0.717, 1.165) is 22.5 Å². The van der Waals surface area contributed by atoms with Crippen molar-refractivity contribution >= 4 is 29.5 Å². The van der Waals surface area contributed by atoms with Gasteiger partial charge in [0, 0.05) is 24.6 Å². The van der Waals surface area contributed by atoms with Crippen LogP contribution < -0.4 is 15.8 Å². The van der Waals surface area contributed by atoms with E-state index in [1.165, 1.54) is 0 Å². The Morgan fingerprint density at radius 1 is 1.22 bits per heavy atom. The van der Waals surface area contributed by atoms with Gasteiger partial charge in [-0.2, -0.15) is 0 Å². The number of para-hydroxylation sites is 1. The molecule has 0 fully saturated rings. The summed E-state index contributed by atoms with van der Waals surface area (Å²) in [6.07, 6.45) is 1.00. The third-order valence-corrected chi connectivity index (χ3v) is 4.69. The number of rotatable bonds is 7. The van der Waals surface area contributed by atoms with Crippen LogP contribution in [0.15, 0.2) is 48.5 Å². The molecule has 0 aromatic heterocycles. The van der Waals surface area contributed by atoms with Crippen LogP contribution in [0, 0.1) is 6.92 Å². The number of fused-ring (bicyclic) bond motifs is 1. The summed E-state index contributed by atoms with van der Waals surface area (Å²) >= 11 is 0. The summed E-state index contributed by atoms with van der Waals surface area (Å²) in [6, 6.07) is 15.2. The molecule has 0 saturated carbocycles. The van der Waals surface area contributed by atoms with Crippen molar-refractivity contribution in [1.29, 1.82) is 0 Å². The van der Waals surface area contributed by atoms with Crippen molar-refractivity contribution in [3.8, 4) is 0 Å². The summed E-state index contributed by atoms with van der Waals surface area (Å²) in [5.74, 6) is -0.737. The summed E-state index contributed by atoms with van der Waals surface area (Å²) in [4.78, 5) is 37.1. The lowest BCUT2D eigenvalue weighted by Gasteiger charge is -2.22. The Morgan fingerprint density at radius 2 is 1.96 bits per heavy atom. The normalized spacial score (nSPS) is 16.7. The Kier molecular flexibility index (Phi) is 5.66. The molecule has 2 N–H and O–H groups in total. The van der Waals surface area contributed by atoms with E-state index in [-0.39, 0.29) is 30.7 Å². The number of amides is 2. The van der Waals surface area contributed by atoms with E-state index in [2.05, 4.69) is 10.9 Å². The van der Waals surface area contributed by atoms with Crippen molar-refractivity contribution in [3.63, 3.8) is 0 Å². The average molecular weight is 365 g/mol. The average Bonchev–Trinajstić information content (AvgIpc) is 2.96. The quantitative estimate of drug-likeness (QED) is 0.584. The van der Waals surface area contributed by atoms with Crippen LogP contribution in [0.2, 0.25) is 0 Å². The summed E-state index contributed by atoms with van der Waals surface area (Å²) < 4.78 is 0. The molecule has 6 nitrogen and oxygen atoms in total. The number of carbonyl (C=O) groups excluding carboxylic acids is 3. The van der Waals surface area contributed by atoms with Crippen LogP contribution in [-0.2, 0) is 14.4 Å². The number of carbonyl (C=O) groups is 3. The lowest BCUT2D eigenvalue weighted by molar-refractivity contribution is -0.124. The molecule has 2 amide bonds. The second kappa shape index (κ2) is 8.14. The van der Waals surface area contributed by atoms with Crippen LogP contribution in [0.4, 0.5) is 11.4 Å². The molecule has 140 valence electrons. The molecule has 27 heavy (non-hydrogen) atoms. The molecule has 1 heterocycles. The van der Waals surface area contributed by atoms with Gasteiger partial charge in [-0.15, -0.1) is 0 Å². The molecule has 0 spiro atoms. The van der Waals surface area contributed by atoms with Gasteiger partial charge in [-0.05, 0) is 43.2 Å². The van der Waals surface area contributed by atoms with Crippen LogP contribution in [0.1, 0.15) is 36.8 Å². The predicted octanol–water partition coefficient (Wildman–Crippen LogP) is 2.75. The second-order valence-electron chi connectivity index (χ2n) is 6.74. The van der Waals surface area contributed by atoms with Gasteiger partial charge in [-0.25, -0.2) is 5.43 Å². The zero-order chi connectivity index (χ0) is 19.4. The van der Waals surface area contributed by atoms with Gasteiger partial charge in [0.2, 0.25) is 11.8 Å². The van der Waals surface area contributed by atoms with Crippen molar-refractivity contribution in [3.05, 3.63) is 59.7 Å². The standard InChI is InChI=1S/C21H23N3O3/c1-14-10-11-17-18(13-14)24(16-7-4-3-5-8-16)21(27)20(17)15(2)22-23-19(26)9-6-12-25/h3-5,7-8,10-13,15,20,22H,6,9H2,1-2H3,(H,23,26). The van der Waals surface area contributed by atoms with Gasteiger partial charge in [-0.1, -0.05) is 30.3 Å². The third kappa shape index (κ3) is 3.90. The molecule has 0 radical (unpaired) electrons. The monoisotopic (exact) mass is 365 g/mol. The number of aldehydes is 1. The Morgan fingerprint density at radius 3 is 2.67 bits per heavy atom. The van der Waals surface area contributed by atoms with Crippen molar-refractivity contribution in [2.24, 2.45) is 0 Å². The van der Waals surface area contributed by atoms with E-state index in [9.17, 15) is 14.4 Å². The fourth-order valence-corrected chi connectivity index (χ4v) is 3.36. The van der Waals surface area contributed by atoms with Crippen LogP contribution >= 0.6 is 0 Å². The Balaban J connectivity index is 1.85. The highest BCUT2D eigenvalue weighted by molar-refractivity contribution is 6.10. The number of anilines is 2. The van der Waals surface area contributed by atoms with Crippen LogP contribution in [0.3, 0.4) is 0 Å². The van der Waals surface area contributed by atoms with Gasteiger partial charge in [0.25, 0.3) is 0 Å². The first-order valence-corrected chi connectivity index (χ1v) is 9.00. The van der Waals surface area contributed by atoms with E-state index in [0.29, 0.717) is 6.29 Å². The fraction of sp³-hybridized carbons (Fsp3) is 0.286. The number of nitrogens with one attached hydrogen (secondary N) is 2. The van der Waals surface area contributed by atoms with E-state index < -0.39 is 5.92 Å². The number of hydrogen-bond acceptors (Lipinski definition) is 4. The molecule has 3 rings (SSSR count). The molecule has 0 saturated heterocycles. The van der Waals surface area contributed by atoms with Gasteiger partial charge in [0.1, 0.15) is 6.29 Å². The number of nitrogens with zero attached hydrogens (tertiary/aromatic N) is 1. The molecule has 6 heteroatoms. The van der Waals surface area contributed by atoms with E-state index in [1.54, 1.807) is 4.90 Å². The second-order valence-corrected chi connectivity index (χ2v) is 6.74. The smallest absolute Gasteiger partial charge is 0.240 e. The van der Waals surface area contributed by atoms with Gasteiger partial charge >= 0.3 is 0 Å². The van der Waals surface area contributed by atoms with Crippen LogP contribution in [0.5, 0.6) is 0 Å². The summed E-state index contributed by atoms with van der Waals surface area (Å²) in [5.41, 5.74) is 9.21. The maximum atomic E-state index is 13.3. The van der Waals surface area contributed by atoms with Gasteiger partial charge in [0.15, 0.2) is 0 Å². The lowest BCUT2D eigenvalue weighted by atomic mass is 9.93. The largest absolute Gasteiger partial charge is 0.303 e. The first kappa shape index (κ1) is 18.8. The predicted molar refractivity (Wildman–Crippen MR) is 104 cm³/mol. The minimum atomic E-state index is -0.424.